The highest BCUT2D eigenvalue weighted by atomic mass is 79.9. The van der Waals surface area contributed by atoms with Crippen molar-refractivity contribution in [3.8, 4) is 0 Å². The first-order chi connectivity index (χ1) is 21.2. The van der Waals surface area contributed by atoms with Crippen molar-refractivity contribution in [3.63, 3.8) is 0 Å². The molecule has 0 fully saturated rings. The lowest BCUT2D eigenvalue weighted by Gasteiger charge is -2.42. The molecule has 3 atom stereocenters. The summed E-state index contributed by atoms with van der Waals surface area (Å²) >= 11 is 13.4. The maximum Gasteiger partial charge on any atom is 0.267 e. The summed E-state index contributed by atoms with van der Waals surface area (Å²) in [6.07, 6.45) is 3.35. The third kappa shape index (κ3) is 7.54. The summed E-state index contributed by atoms with van der Waals surface area (Å²) in [5.74, 6) is -1.92. The Bertz CT molecular complexity index is 1810. The molecule has 2 aliphatic rings. The first kappa shape index (κ1) is 33.4. The number of carbonyl (C=O) groups excluding carboxylic acids is 2. The third-order valence-electron chi connectivity index (χ3n) is 7.04. The highest BCUT2D eigenvalue weighted by molar-refractivity contribution is 9.13. The number of imidazole rings is 1. The number of aromatic amines is 3. The van der Waals surface area contributed by atoms with E-state index in [2.05, 4.69) is 104 Å². The molecule has 3 aromatic heterocycles. The monoisotopic (exact) mass is 895 g/mol. The van der Waals surface area contributed by atoms with Gasteiger partial charge in [-0.2, -0.15) is 13.4 Å². The third-order valence-corrected chi connectivity index (χ3v) is 11.3. The molecule has 3 unspecified atom stereocenters. The van der Waals surface area contributed by atoms with Gasteiger partial charge in [-0.1, -0.05) is 6.08 Å². The van der Waals surface area contributed by atoms with Crippen LogP contribution in [0.2, 0.25) is 0 Å². The van der Waals surface area contributed by atoms with Crippen LogP contribution >= 0.6 is 63.7 Å². The van der Waals surface area contributed by atoms with Gasteiger partial charge in [-0.25, -0.2) is 4.98 Å². The second-order valence-electron chi connectivity index (χ2n) is 9.99. The van der Waals surface area contributed by atoms with Gasteiger partial charge in [0.2, 0.25) is 5.96 Å². The molecular formula is C24H25Br4N11O5S. The number of nitrogens with zero attached hydrogens (tertiary/aromatic N) is 4. The molecule has 240 valence electrons. The Kier molecular flexibility index (Phi) is 9.94. The molecule has 45 heavy (non-hydrogen) atoms. The molecular weight excluding hydrogens is 874 g/mol. The number of H-pyrrole nitrogens is 3. The first-order valence-electron chi connectivity index (χ1n) is 13.0. The molecule has 0 radical (unpaired) electrons. The van der Waals surface area contributed by atoms with Crippen molar-refractivity contribution in [2.45, 2.75) is 6.04 Å². The van der Waals surface area contributed by atoms with Gasteiger partial charge in [0.05, 0.1) is 54.1 Å². The number of carbonyl (C=O) groups is 2. The van der Waals surface area contributed by atoms with E-state index in [1.807, 2.05) is 6.08 Å². The molecule has 16 nitrogen and oxygen atoms in total. The topological polar surface area (TPSA) is 253 Å². The van der Waals surface area contributed by atoms with Crippen LogP contribution in [0.1, 0.15) is 32.7 Å². The highest BCUT2D eigenvalue weighted by Crippen LogP contribution is 2.43. The summed E-state index contributed by atoms with van der Waals surface area (Å²) in [6.45, 7) is -0.0426. The van der Waals surface area contributed by atoms with E-state index in [1.54, 1.807) is 23.2 Å². The van der Waals surface area contributed by atoms with Gasteiger partial charge < -0.3 is 37.1 Å². The summed E-state index contributed by atoms with van der Waals surface area (Å²) in [4.78, 5) is 49.7. The second kappa shape index (κ2) is 13.4. The minimum absolute atomic E-state index is 0.0576. The van der Waals surface area contributed by atoms with E-state index in [0.29, 0.717) is 40.9 Å². The number of nitrogen functional groups attached to an aromatic ring is 1. The van der Waals surface area contributed by atoms with Crippen LogP contribution in [-0.2, 0) is 10.1 Å². The van der Waals surface area contributed by atoms with Crippen LogP contribution in [-0.4, -0.2) is 86.8 Å². The normalized spacial score (nSPS) is 20.6. The number of nitrogens with one attached hydrogen (secondary N) is 5. The Labute approximate surface area is 289 Å². The van der Waals surface area contributed by atoms with Gasteiger partial charge in [0, 0.05) is 24.9 Å². The van der Waals surface area contributed by atoms with Gasteiger partial charge in [-0.3, -0.25) is 24.0 Å². The van der Waals surface area contributed by atoms with Gasteiger partial charge >= 0.3 is 0 Å². The zero-order chi connectivity index (χ0) is 32.6. The lowest BCUT2D eigenvalue weighted by molar-refractivity contribution is 0.0897. The smallest absolute Gasteiger partial charge is 0.267 e. The van der Waals surface area contributed by atoms with E-state index in [1.165, 1.54) is 0 Å². The number of hydrogen-bond donors (Lipinski definition) is 8. The minimum atomic E-state index is -4.27. The molecule has 10 N–H and O–H groups in total. The number of rotatable bonds is 10. The van der Waals surface area contributed by atoms with Crippen molar-refractivity contribution >= 4 is 103 Å². The molecule has 0 aromatic carbocycles. The Hall–Kier alpha value is -2.98. The molecule has 3 aromatic rings. The maximum atomic E-state index is 13.2. The van der Waals surface area contributed by atoms with Crippen molar-refractivity contribution in [1.29, 1.82) is 0 Å². The zero-order valence-electron chi connectivity index (χ0n) is 22.8. The number of anilines is 1. The molecule has 0 bridgehead atoms. The van der Waals surface area contributed by atoms with Crippen LogP contribution in [0.4, 0.5) is 5.95 Å². The average Bonchev–Trinajstić information content (AvgIpc) is 3.72. The Morgan fingerprint density at radius 1 is 1.00 bits per heavy atom. The Morgan fingerprint density at radius 2 is 1.60 bits per heavy atom. The van der Waals surface area contributed by atoms with Gasteiger partial charge in [0.25, 0.3) is 21.9 Å². The predicted molar refractivity (Wildman–Crippen MR) is 180 cm³/mol. The number of aromatic nitrogens is 4. The van der Waals surface area contributed by atoms with Gasteiger partial charge in [-0.15, -0.1) is 0 Å². The van der Waals surface area contributed by atoms with Crippen molar-refractivity contribution in [2.75, 3.05) is 31.1 Å². The number of guanidine groups is 1. The number of hydrogen-bond acceptors (Lipinski definition) is 9. The SMILES string of the molecule is NC1=NC(=NCCS(=O)(=O)O)C2=CC(CNC(=O)c3cc(Br)c(Br)[nH]3)C(CNC(=O)c3cc(Br)c(Br)[nH]3)C(c3cnc(N)[nH]3)N21. The van der Waals surface area contributed by atoms with E-state index in [0.717, 1.165) is 0 Å². The van der Waals surface area contributed by atoms with Crippen LogP contribution in [0.5, 0.6) is 0 Å². The van der Waals surface area contributed by atoms with E-state index < -0.39 is 33.7 Å². The predicted octanol–water partition coefficient (Wildman–Crippen LogP) is 2.65. The standard InChI is InChI=1S/C24H25Br4N11O5S/c25-11-4-13(35-18(11)27)21(40)32-6-9-3-16-20(31-1-2-45(42,43)44)38-24(30)39(16)17(15-8-34-23(29)37-15)10(9)7-33-22(41)14-5-12(26)19(28)36-14/h3-5,8-10,17,35-36H,1-2,6-7H2,(H,32,40)(H,33,41)(H3,29,34,37)(H2,30,31,38)(H,42,43,44). The number of nitrogens with two attached hydrogens (primary N) is 2. The van der Waals surface area contributed by atoms with Crippen LogP contribution < -0.4 is 22.1 Å². The molecule has 2 aliphatic heterocycles. The molecule has 2 amide bonds. The van der Waals surface area contributed by atoms with Gasteiger partial charge in [0.1, 0.15) is 11.4 Å². The van der Waals surface area contributed by atoms with Crippen molar-refractivity contribution in [3.05, 3.63) is 65.3 Å². The number of aliphatic imine (C=N–C) groups is 2. The number of amides is 2. The first-order valence-corrected chi connectivity index (χ1v) is 17.8. The lowest BCUT2D eigenvalue weighted by Crippen LogP contribution is -2.50. The second-order valence-corrected chi connectivity index (χ2v) is 14.9. The Balaban J connectivity index is 1.51. The number of halogens is 4. The quantitative estimate of drug-likeness (QED) is 0.139. The largest absolute Gasteiger partial charge is 0.369 e. The summed E-state index contributed by atoms with van der Waals surface area (Å²) in [5.41, 5.74) is 14.0. The fourth-order valence-corrected chi connectivity index (χ4v) is 6.68. The molecule has 0 spiro atoms. The zero-order valence-corrected chi connectivity index (χ0v) is 30.0. The van der Waals surface area contributed by atoms with Crippen LogP contribution in [0.25, 0.3) is 0 Å². The van der Waals surface area contributed by atoms with E-state index in [9.17, 15) is 22.6 Å². The molecule has 0 saturated carbocycles. The fraction of sp³-hybridized carbons (Fsp3) is 0.292. The van der Waals surface area contributed by atoms with Crippen molar-refractivity contribution < 1.29 is 22.6 Å². The number of amidine groups is 1. The maximum absolute atomic E-state index is 13.2. The molecule has 5 heterocycles. The van der Waals surface area contributed by atoms with Crippen molar-refractivity contribution in [1.82, 2.24) is 35.5 Å². The lowest BCUT2D eigenvalue weighted by atomic mass is 9.79. The van der Waals surface area contributed by atoms with Crippen LogP contribution in [0.3, 0.4) is 0 Å². The van der Waals surface area contributed by atoms with Crippen LogP contribution in [0, 0.1) is 11.8 Å². The summed E-state index contributed by atoms with van der Waals surface area (Å²) in [6, 6.07) is 2.63. The Morgan fingerprint density at radius 3 is 2.11 bits per heavy atom. The van der Waals surface area contributed by atoms with E-state index in [-0.39, 0.29) is 49.2 Å². The van der Waals surface area contributed by atoms with E-state index >= 15 is 0 Å². The van der Waals surface area contributed by atoms with Gasteiger partial charge in [0.15, 0.2) is 11.8 Å². The molecule has 0 aliphatic carbocycles. The van der Waals surface area contributed by atoms with Gasteiger partial charge in [-0.05, 0) is 75.9 Å². The van der Waals surface area contributed by atoms with E-state index in [4.69, 9.17) is 11.5 Å². The number of fused-ring (bicyclic) bond motifs is 1. The molecule has 21 heteroatoms. The summed E-state index contributed by atoms with van der Waals surface area (Å²) < 4.78 is 34.4. The molecule has 0 saturated heterocycles. The summed E-state index contributed by atoms with van der Waals surface area (Å²) in [5, 5.41) is 5.90. The fourth-order valence-electron chi connectivity index (χ4n) is 5.04. The average molecular weight is 899 g/mol. The highest BCUT2D eigenvalue weighted by Gasteiger charge is 2.45. The minimum Gasteiger partial charge on any atom is -0.369 e. The molecule has 5 rings (SSSR count). The van der Waals surface area contributed by atoms with Crippen LogP contribution in [0.15, 0.2) is 58.2 Å². The van der Waals surface area contributed by atoms with Crippen molar-refractivity contribution in [2.24, 2.45) is 27.6 Å². The summed E-state index contributed by atoms with van der Waals surface area (Å²) in [7, 11) is -4.27.